The van der Waals surface area contributed by atoms with Gasteiger partial charge in [0.05, 0.1) is 12.2 Å². The van der Waals surface area contributed by atoms with Gasteiger partial charge >= 0.3 is 6.18 Å². The van der Waals surface area contributed by atoms with Crippen molar-refractivity contribution < 1.29 is 17.6 Å². The van der Waals surface area contributed by atoms with E-state index in [0.29, 0.717) is 18.3 Å². The Morgan fingerprint density at radius 2 is 1.37 bits per heavy atom. The van der Waals surface area contributed by atoms with Gasteiger partial charge in [0.25, 0.3) is 0 Å². The highest BCUT2D eigenvalue weighted by atomic mass is 19.4. The highest BCUT2D eigenvalue weighted by Gasteiger charge is 2.30. The maximum Gasteiger partial charge on any atom is 0.416 e. The topological polar surface area (TPSA) is 0 Å². The lowest BCUT2D eigenvalue weighted by atomic mass is 9.78. The van der Waals surface area contributed by atoms with Gasteiger partial charge in [0.15, 0.2) is 0 Å². The molecule has 0 N–H and O–H groups in total. The zero-order valence-electron chi connectivity index (χ0n) is 15.2. The molecule has 2 aromatic rings. The van der Waals surface area contributed by atoms with Gasteiger partial charge in [0, 0.05) is 0 Å². The molecule has 0 heterocycles. The van der Waals surface area contributed by atoms with Crippen molar-refractivity contribution >= 4 is 0 Å². The molecule has 1 saturated carbocycles. The zero-order valence-corrected chi connectivity index (χ0v) is 15.2. The average molecular weight is 376 g/mol. The summed E-state index contributed by atoms with van der Waals surface area (Å²) in [6, 6.07) is 13.5. The molecular weight excluding hydrogens is 352 g/mol. The van der Waals surface area contributed by atoms with Crippen LogP contribution in [-0.2, 0) is 6.18 Å². The number of hydrogen-bond donors (Lipinski definition) is 0. The van der Waals surface area contributed by atoms with Crippen LogP contribution in [0.3, 0.4) is 0 Å². The third kappa shape index (κ3) is 5.21. The third-order valence-electron chi connectivity index (χ3n) is 5.38. The first-order chi connectivity index (χ1) is 13.0. The number of halogens is 4. The lowest BCUT2D eigenvalue weighted by Gasteiger charge is -2.27. The molecule has 0 radical (unpaired) electrons. The van der Waals surface area contributed by atoms with Crippen LogP contribution in [0.5, 0.6) is 0 Å². The van der Waals surface area contributed by atoms with Gasteiger partial charge in [-0.2, -0.15) is 13.2 Å². The quantitative estimate of drug-likeness (QED) is 0.373. The third-order valence-corrected chi connectivity index (χ3v) is 5.38. The van der Waals surface area contributed by atoms with E-state index in [4.69, 9.17) is 0 Å². The first-order valence-corrected chi connectivity index (χ1v) is 9.47. The van der Waals surface area contributed by atoms with E-state index in [1.54, 1.807) is 0 Å². The van der Waals surface area contributed by atoms with Crippen LogP contribution in [0.15, 0.2) is 60.7 Å². The summed E-state index contributed by atoms with van der Waals surface area (Å²) >= 11 is 0. The van der Waals surface area contributed by atoms with Gasteiger partial charge in [0.2, 0.25) is 0 Å². The van der Waals surface area contributed by atoms with Gasteiger partial charge in [-0.05, 0) is 72.8 Å². The van der Waals surface area contributed by atoms with Crippen molar-refractivity contribution in [3.05, 3.63) is 71.8 Å². The van der Waals surface area contributed by atoms with Crippen LogP contribution in [0.25, 0.3) is 11.1 Å². The monoisotopic (exact) mass is 376 g/mol. The number of rotatable bonds is 5. The number of benzene rings is 2. The fourth-order valence-electron chi connectivity index (χ4n) is 3.80. The van der Waals surface area contributed by atoms with E-state index in [9.17, 15) is 17.6 Å². The summed E-state index contributed by atoms with van der Waals surface area (Å²) in [4.78, 5) is 0. The summed E-state index contributed by atoms with van der Waals surface area (Å²) in [7, 11) is 0. The second-order valence-electron chi connectivity index (χ2n) is 7.21. The molecule has 0 spiro atoms. The van der Waals surface area contributed by atoms with Crippen molar-refractivity contribution in [2.24, 2.45) is 5.92 Å². The maximum atomic E-state index is 12.7. The Bertz CT molecular complexity index is 733. The minimum atomic E-state index is -4.30. The first kappa shape index (κ1) is 19.7. The van der Waals surface area contributed by atoms with Crippen LogP contribution < -0.4 is 0 Å². The summed E-state index contributed by atoms with van der Waals surface area (Å²) in [6.07, 6.45) is 4.78. The Hall–Kier alpha value is -2.10. The molecule has 27 heavy (non-hydrogen) atoms. The number of alkyl halides is 4. The molecule has 0 atom stereocenters. The van der Waals surface area contributed by atoms with Gasteiger partial charge in [-0.3, -0.25) is 4.39 Å². The standard InChI is InChI=1S/C23H24F4/c24-16-2-1-3-17-4-6-18(7-5-17)19-8-10-20(11-9-19)21-12-14-22(15-13-21)23(25,26)27/h1,3,8-15,17-18H,2,4-7,16H2/b3-1+/t17-,18-. The van der Waals surface area contributed by atoms with Crippen LogP contribution >= 0.6 is 0 Å². The smallest absolute Gasteiger partial charge is 0.251 e. The van der Waals surface area contributed by atoms with Gasteiger partial charge in [0.1, 0.15) is 0 Å². The van der Waals surface area contributed by atoms with Crippen molar-refractivity contribution in [1.29, 1.82) is 0 Å². The van der Waals surface area contributed by atoms with E-state index >= 15 is 0 Å². The van der Waals surface area contributed by atoms with E-state index in [2.05, 4.69) is 18.2 Å². The molecule has 0 aromatic heterocycles. The summed E-state index contributed by atoms with van der Waals surface area (Å²) in [5, 5.41) is 0. The van der Waals surface area contributed by atoms with Crippen LogP contribution in [0.4, 0.5) is 17.6 Å². The van der Waals surface area contributed by atoms with Crippen molar-refractivity contribution in [3.63, 3.8) is 0 Å². The van der Waals surface area contributed by atoms with Crippen molar-refractivity contribution in [1.82, 2.24) is 0 Å². The molecule has 0 aliphatic heterocycles. The lowest BCUT2D eigenvalue weighted by molar-refractivity contribution is -0.137. The highest BCUT2D eigenvalue weighted by Crippen LogP contribution is 2.37. The molecule has 1 aliphatic rings. The van der Waals surface area contributed by atoms with E-state index < -0.39 is 11.7 Å². The Labute approximate surface area is 157 Å². The Kier molecular flexibility index (Phi) is 6.35. The maximum absolute atomic E-state index is 12.7. The van der Waals surface area contributed by atoms with Crippen LogP contribution in [0, 0.1) is 5.92 Å². The van der Waals surface area contributed by atoms with E-state index in [0.717, 1.165) is 48.9 Å². The van der Waals surface area contributed by atoms with Crippen LogP contribution in [0.1, 0.15) is 49.1 Å². The molecule has 0 unspecified atom stereocenters. The highest BCUT2D eigenvalue weighted by molar-refractivity contribution is 5.64. The lowest BCUT2D eigenvalue weighted by Crippen LogP contribution is -2.11. The normalized spacial score (nSPS) is 20.9. The number of hydrogen-bond acceptors (Lipinski definition) is 0. The molecule has 3 rings (SSSR count). The fourth-order valence-corrected chi connectivity index (χ4v) is 3.80. The summed E-state index contributed by atoms with van der Waals surface area (Å²) in [5.74, 6) is 1.08. The zero-order chi connectivity index (χ0) is 19.3. The number of allylic oxidation sites excluding steroid dienone is 2. The van der Waals surface area contributed by atoms with Gasteiger partial charge in [-0.1, -0.05) is 48.6 Å². The summed E-state index contributed by atoms with van der Waals surface area (Å²) < 4.78 is 50.2. The molecule has 4 heteroatoms. The molecule has 1 fully saturated rings. The Morgan fingerprint density at radius 3 is 1.89 bits per heavy atom. The minimum absolute atomic E-state index is 0.295. The average Bonchev–Trinajstić information content (AvgIpc) is 2.68. The predicted molar refractivity (Wildman–Crippen MR) is 101 cm³/mol. The first-order valence-electron chi connectivity index (χ1n) is 9.47. The molecule has 144 valence electrons. The predicted octanol–water partition coefficient (Wildman–Crippen LogP) is 7.56. The van der Waals surface area contributed by atoms with Crippen molar-refractivity contribution in [2.75, 3.05) is 6.67 Å². The largest absolute Gasteiger partial charge is 0.416 e. The van der Waals surface area contributed by atoms with Crippen LogP contribution in [-0.4, -0.2) is 6.67 Å². The van der Waals surface area contributed by atoms with Gasteiger partial charge < -0.3 is 0 Å². The van der Waals surface area contributed by atoms with Gasteiger partial charge in [-0.15, -0.1) is 0 Å². The molecule has 0 saturated heterocycles. The van der Waals surface area contributed by atoms with Crippen LogP contribution in [0.2, 0.25) is 0 Å². The molecule has 0 amide bonds. The molecule has 1 aliphatic carbocycles. The van der Waals surface area contributed by atoms with Crippen molar-refractivity contribution in [2.45, 2.75) is 44.2 Å². The molecular formula is C23H24F4. The Morgan fingerprint density at radius 1 is 0.815 bits per heavy atom. The van der Waals surface area contributed by atoms with Crippen molar-refractivity contribution in [3.8, 4) is 11.1 Å². The fraction of sp³-hybridized carbons (Fsp3) is 0.391. The Balaban J connectivity index is 1.61. The molecule has 0 nitrogen and oxygen atoms in total. The SMILES string of the molecule is FCC/C=C/[C@H]1CC[C@H](c2ccc(-c3ccc(C(F)(F)F)cc3)cc2)CC1. The second kappa shape index (κ2) is 8.73. The van der Waals surface area contributed by atoms with E-state index in [-0.39, 0.29) is 6.67 Å². The van der Waals surface area contributed by atoms with E-state index in [1.807, 2.05) is 18.2 Å². The summed E-state index contributed by atoms with van der Waals surface area (Å²) in [5.41, 5.74) is 2.38. The second-order valence-corrected chi connectivity index (χ2v) is 7.21. The molecule has 0 bridgehead atoms. The summed E-state index contributed by atoms with van der Waals surface area (Å²) in [6.45, 7) is -0.295. The molecule has 2 aromatic carbocycles. The van der Waals surface area contributed by atoms with Gasteiger partial charge in [-0.25, -0.2) is 0 Å². The van der Waals surface area contributed by atoms with E-state index in [1.165, 1.54) is 17.7 Å². The minimum Gasteiger partial charge on any atom is -0.251 e.